The van der Waals surface area contributed by atoms with Gasteiger partial charge in [-0.1, -0.05) is 0 Å². The van der Waals surface area contributed by atoms with Gasteiger partial charge in [-0.3, -0.25) is 9.11 Å². The molecular weight excluding hydrogens is 324 g/mol. The van der Waals surface area contributed by atoms with E-state index in [1.54, 1.807) is 40.3 Å². The quantitative estimate of drug-likeness (QED) is 0.910. The van der Waals surface area contributed by atoms with Gasteiger partial charge in [0.25, 0.3) is 6.43 Å². The summed E-state index contributed by atoms with van der Waals surface area (Å²) < 4.78 is 36.2. The summed E-state index contributed by atoms with van der Waals surface area (Å²) in [5.74, 6) is 0. The number of amides is 2. The van der Waals surface area contributed by atoms with Gasteiger partial charge in [0, 0.05) is 53.8 Å². The van der Waals surface area contributed by atoms with Crippen LogP contribution in [-0.4, -0.2) is 65.4 Å². The Hall–Kier alpha value is -1.54. The maximum absolute atomic E-state index is 12.4. The Balaban J connectivity index is 1.89. The normalized spacial score (nSPS) is 17.8. The molecule has 8 heteroatoms. The minimum absolute atomic E-state index is 0.241. The van der Waals surface area contributed by atoms with E-state index in [0.717, 1.165) is 0 Å². The molecule has 1 aromatic rings. The van der Waals surface area contributed by atoms with Crippen LogP contribution in [0.1, 0.15) is 6.42 Å². The summed E-state index contributed by atoms with van der Waals surface area (Å²) in [7, 11) is -1.06. The van der Waals surface area contributed by atoms with Crippen molar-refractivity contribution in [3.63, 3.8) is 0 Å². The van der Waals surface area contributed by atoms with Crippen LogP contribution >= 0.6 is 0 Å². The highest BCUT2D eigenvalue weighted by Gasteiger charge is 2.20. The fourth-order valence-corrected chi connectivity index (χ4v) is 3.00. The second kappa shape index (κ2) is 8.35. The minimum atomic E-state index is -2.35. The highest BCUT2D eigenvalue weighted by atomic mass is 32.2. The predicted octanol–water partition coefficient (Wildman–Crippen LogP) is 2.23. The van der Waals surface area contributed by atoms with Gasteiger partial charge < -0.3 is 10.2 Å². The molecule has 0 saturated carbocycles. The summed E-state index contributed by atoms with van der Waals surface area (Å²) >= 11 is 0. The molecule has 0 unspecified atom stereocenters. The molecule has 1 N–H and O–H groups in total. The highest BCUT2D eigenvalue weighted by Crippen LogP contribution is 2.13. The molecule has 1 aliphatic heterocycles. The summed E-state index contributed by atoms with van der Waals surface area (Å²) in [6.45, 7) is 1.75. The smallest absolute Gasteiger partial charge is 0.321 e. The molecule has 1 atom stereocenters. The third-order valence-corrected chi connectivity index (χ3v) is 4.65. The van der Waals surface area contributed by atoms with Crippen LogP contribution in [0, 0.1) is 0 Å². The van der Waals surface area contributed by atoms with Crippen LogP contribution in [0.25, 0.3) is 0 Å². The molecule has 0 bridgehead atoms. The molecular formula is C15H21F2N3O2S. The lowest BCUT2D eigenvalue weighted by molar-refractivity contribution is 0.0905. The van der Waals surface area contributed by atoms with Crippen molar-refractivity contribution in [2.75, 3.05) is 44.3 Å². The number of nitrogens with zero attached hydrogens (tertiary/aromatic N) is 2. The largest absolute Gasteiger partial charge is 0.323 e. The van der Waals surface area contributed by atoms with Gasteiger partial charge in [-0.25, -0.2) is 13.6 Å². The third kappa shape index (κ3) is 5.54. The predicted molar refractivity (Wildman–Crippen MR) is 86.4 cm³/mol. The number of alkyl halides is 2. The first-order valence-electron chi connectivity index (χ1n) is 7.45. The van der Waals surface area contributed by atoms with Crippen molar-refractivity contribution in [2.45, 2.75) is 17.7 Å². The Kier molecular flexibility index (Phi) is 6.47. The maximum atomic E-state index is 12.4. The van der Waals surface area contributed by atoms with Crippen molar-refractivity contribution in [3.05, 3.63) is 24.3 Å². The zero-order chi connectivity index (χ0) is 16.8. The molecule has 0 aromatic heterocycles. The number of hydrogen-bond donors (Lipinski definition) is 1. The second-order valence-corrected chi connectivity index (χ2v) is 6.82. The highest BCUT2D eigenvalue weighted by molar-refractivity contribution is 7.84. The number of rotatable bonds is 4. The van der Waals surface area contributed by atoms with Crippen LogP contribution in [-0.2, 0) is 10.8 Å². The lowest BCUT2D eigenvalue weighted by Gasteiger charge is -2.22. The Bertz CT molecular complexity index is 554. The van der Waals surface area contributed by atoms with Crippen molar-refractivity contribution in [1.82, 2.24) is 9.80 Å². The summed E-state index contributed by atoms with van der Waals surface area (Å²) in [6, 6.07) is 6.58. The molecule has 1 fully saturated rings. The van der Waals surface area contributed by atoms with E-state index in [-0.39, 0.29) is 12.6 Å². The van der Waals surface area contributed by atoms with Crippen molar-refractivity contribution in [3.8, 4) is 0 Å². The zero-order valence-electron chi connectivity index (χ0n) is 13.0. The van der Waals surface area contributed by atoms with Crippen molar-refractivity contribution in [2.24, 2.45) is 0 Å². The average Bonchev–Trinajstić information content (AvgIpc) is 2.73. The third-order valence-electron chi connectivity index (χ3n) is 3.71. The number of carbonyl (C=O) groups is 1. The number of hydrogen-bond acceptors (Lipinski definition) is 3. The molecule has 0 radical (unpaired) electrons. The van der Waals surface area contributed by atoms with E-state index in [2.05, 4.69) is 5.32 Å². The minimum Gasteiger partial charge on any atom is -0.323 e. The summed E-state index contributed by atoms with van der Waals surface area (Å²) in [5, 5.41) is 2.78. The van der Waals surface area contributed by atoms with Gasteiger partial charge in [-0.05, 0) is 30.7 Å². The lowest BCUT2D eigenvalue weighted by atomic mass is 10.3. The monoisotopic (exact) mass is 345 g/mol. The molecule has 5 nitrogen and oxygen atoms in total. The van der Waals surface area contributed by atoms with Gasteiger partial charge in [0.1, 0.15) is 0 Å². The standard InChI is InChI=1S/C15H21F2N3O2S/c1-23(22)13-5-3-12(4-6-13)18-15(21)20-8-2-7-19(9-10-20)11-14(16)17/h3-6,14H,2,7-11H2,1H3,(H,18,21)/t23-/m0/s1. The van der Waals surface area contributed by atoms with Gasteiger partial charge >= 0.3 is 6.03 Å². The van der Waals surface area contributed by atoms with Crippen LogP contribution in [0.5, 0.6) is 0 Å². The number of anilines is 1. The fourth-order valence-electron chi connectivity index (χ4n) is 2.48. The van der Waals surface area contributed by atoms with Crippen LogP contribution < -0.4 is 5.32 Å². The average molecular weight is 345 g/mol. The lowest BCUT2D eigenvalue weighted by Crippen LogP contribution is -2.38. The van der Waals surface area contributed by atoms with Crippen LogP contribution in [0.4, 0.5) is 19.3 Å². The van der Waals surface area contributed by atoms with Crippen molar-refractivity contribution >= 4 is 22.5 Å². The summed E-state index contributed by atoms with van der Waals surface area (Å²) in [4.78, 5) is 16.3. The van der Waals surface area contributed by atoms with E-state index in [0.29, 0.717) is 43.2 Å². The first-order chi connectivity index (χ1) is 11.0. The van der Waals surface area contributed by atoms with Gasteiger partial charge in [-0.2, -0.15) is 0 Å². The number of benzene rings is 1. The second-order valence-electron chi connectivity index (χ2n) is 5.44. The molecule has 1 aromatic carbocycles. The molecule has 2 amide bonds. The van der Waals surface area contributed by atoms with Crippen LogP contribution in [0.15, 0.2) is 29.2 Å². The number of carbonyl (C=O) groups excluding carboxylic acids is 1. The molecule has 1 heterocycles. The molecule has 0 aliphatic carbocycles. The Labute approximate surface area is 137 Å². The molecule has 0 spiro atoms. The first kappa shape index (κ1) is 17.8. The summed E-state index contributed by atoms with van der Waals surface area (Å²) in [5.41, 5.74) is 0.623. The van der Waals surface area contributed by atoms with Gasteiger partial charge in [0.05, 0.1) is 6.54 Å². The van der Waals surface area contributed by atoms with Crippen molar-refractivity contribution in [1.29, 1.82) is 0 Å². The van der Waals surface area contributed by atoms with Crippen LogP contribution in [0.3, 0.4) is 0 Å². The molecule has 128 valence electrons. The number of nitrogens with one attached hydrogen (secondary N) is 1. The molecule has 1 aliphatic rings. The number of halogens is 2. The fraction of sp³-hybridized carbons (Fsp3) is 0.533. The van der Waals surface area contributed by atoms with E-state index in [1.807, 2.05) is 0 Å². The molecule has 1 saturated heterocycles. The maximum Gasteiger partial charge on any atom is 0.321 e. The van der Waals surface area contributed by atoms with E-state index in [4.69, 9.17) is 0 Å². The summed E-state index contributed by atoms with van der Waals surface area (Å²) in [6.07, 6.45) is -0.0813. The zero-order valence-corrected chi connectivity index (χ0v) is 13.8. The Morgan fingerprint density at radius 2 is 1.91 bits per heavy atom. The van der Waals surface area contributed by atoms with E-state index >= 15 is 0 Å². The van der Waals surface area contributed by atoms with Crippen molar-refractivity contribution < 1.29 is 17.8 Å². The Morgan fingerprint density at radius 1 is 1.22 bits per heavy atom. The topological polar surface area (TPSA) is 52.7 Å². The molecule has 23 heavy (non-hydrogen) atoms. The Morgan fingerprint density at radius 3 is 2.52 bits per heavy atom. The van der Waals surface area contributed by atoms with E-state index < -0.39 is 17.2 Å². The SMILES string of the molecule is C[S@](=O)c1ccc(NC(=O)N2CCCN(CC(F)F)CC2)cc1. The van der Waals surface area contributed by atoms with E-state index in [9.17, 15) is 17.8 Å². The number of urea groups is 1. The van der Waals surface area contributed by atoms with Gasteiger partial charge in [-0.15, -0.1) is 0 Å². The van der Waals surface area contributed by atoms with Crippen LogP contribution in [0.2, 0.25) is 0 Å². The van der Waals surface area contributed by atoms with E-state index in [1.165, 1.54) is 0 Å². The van der Waals surface area contributed by atoms with Gasteiger partial charge in [0.2, 0.25) is 0 Å². The van der Waals surface area contributed by atoms with Gasteiger partial charge in [0.15, 0.2) is 0 Å². The molecule has 2 rings (SSSR count). The first-order valence-corrected chi connectivity index (χ1v) is 9.01.